The molecule has 0 amide bonds. The fourth-order valence-electron chi connectivity index (χ4n) is 3.19. The molecule has 0 bridgehead atoms. The van der Waals surface area contributed by atoms with Crippen molar-refractivity contribution in [3.63, 3.8) is 0 Å². The van der Waals surface area contributed by atoms with Gasteiger partial charge in [-0.05, 0) is 39.3 Å². The molecule has 2 atom stereocenters. The average Bonchev–Trinajstić information content (AvgIpc) is 2.88. The summed E-state index contributed by atoms with van der Waals surface area (Å²) in [6, 6.07) is 2.98. The molecule has 1 aliphatic heterocycles. The Labute approximate surface area is 120 Å². The number of pyridine rings is 1. The predicted molar refractivity (Wildman–Crippen MR) is 82.0 cm³/mol. The van der Waals surface area contributed by atoms with Gasteiger partial charge in [-0.15, -0.1) is 0 Å². The number of aromatic nitrogens is 3. The minimum absolute atomic E-state index is 0.455. The van der Waals surface area contributed by atoms with Gasteiger partial charge in [0.2, 0.25) is 0 Å². The summed E-state index contributed by atoms with van der Waals surface area (Å²) in [6.07, 6.45) is 7.52. The molecule has 1 N–H and O–H groups in total. The van der Waals surface area contributed by atoms with E-state index in [0.29, 0.717) is 12.1 Å². The van der Waals surface area contributed by atoms with Gasteiger partial charge in [-0.3, -0.25) is 0 Å². The first-order valence-electron chi connectivity index (χ1n) is 7.42. The van der Waals surface area contributed by atoms with Crippen molar-refractivity contribution in [2.24, 2.45) is 7.05 Å². The van der Waals surface area contributed by atoms with Gasteiger partial charge in [0.25, 0.3) is 0 Å². The number of piperidine rings is 1. The van der Waals surface area contributed by atoms with Crippen LogP contribution in [-0.2, 0) is 7.05 Å². The van der Waals surface area contributed by atoms with Crippen molar-refractivity contribution in [1.29, 1.82) is 0 Å². The lowest BCUT2D eigenvalue weighted by Gasteiger charge is -2.40. The van der Waals surface area contributed by atoms with E-state index in [-0.39, 0.29) is 0 Å². The largest absolute Gasteiger partial charge is 0.350 e. The van der Waals surface area contributed by atoms with Gasteiger partial charge in [0.05, 0.1) is 11.8 Å². The fraction of sp³-hybridized carbons (Fsp3) is 0.600. The van der Waals surface area contributed by atoms with E-state index in [2.05, 4.69) is 31.7 Å². The number of fused-ring (bicyclic) bond motifs is 1. The summed E-state index contributed by atoms with van der Waals surface area (Å²) < 4.78 is 2.06. The maximum atomic E-state index is 4.63. The van der Waals surface area contributed by atoms with E-state index in [0.717, 1.165) is 23.4 Å². The zero-order valence-corrected chi connectivity index (χ0v) is 12.5. The summed E-state index contributed by atoms with van der Waals surface area (Å²) in [7, 11) is 4.06. The first kappa shape index (κ1) is 13.4. The van der Waals surface area contributed by atoms with Gasteiger partial charge in [-0.2, -0.15) is 0 Å². The third-order valence-corrected chi connectivity index (χ3v) is 4.48. The van der Waals surface area contributed by atoms with Crippen LogP contribution >= 0.6 is 0 Å². The van der Waals surface area contributed by atoms with E-state index in [1.807, 2.05) is 32.7 Å². The molecule has 5 nitrogen and oxygen atoms in total. The number of hydrogen-bond donors (Lipinski definition) is 1. The van der Waals surface area contributed by atoms with Crippen molar-refractivity contribution in [2.75, 3.05) is 18.5 Å². The van der Waals surface area contributed by atoms with Gasteiger partial charge < -0.3 is 14.8 Å². The maximum absolute atomic E-state index is 4.63. The third kappa shape index (κ3) is 2.16. The van der Waals surface area contributed by atoms with E-state index in [9.17, 15) is 0 Å². The number of imidazole rings is 1. The lowest BCUT2D eigenvalue weighted by atomic mass is 9.96. The smallest absolute Gasteiger partial charge is 0.157 e. The van der Waals surface area contributed by atoms with Crippen LogP contribution in [0.3, 0.4) is 0 Å². The minimum atomic E-state index is 0.455. The molecule has 1 saturated heterocycles. The summed E-state index contributed by atoms with van der Waals surface area (Å²) in [5.74, 6) is 1.04. The second kappa shape index (κ2) is 5.40. The quantitative estimate of drug-likeness (QED) is 0.928. The monoisotopic (exact) mass is 273 g/mol. The molecule has 3 rings (SSSR count). The number of likely N-dealkylation sites (N-methyl/N-ethyl adjacent to an activating group) is 1. The number of nitrogens with zero attached hydrogens (tertiary/aromatic N) is 4. The van der Waals surface area contributed by atoms with Crippen molar-refractivity contribution in [3.8, 4) is 0 Å². The van der Waals surface area contributed by atoms with Crippen molar-refractivity contribution in [3.05, 3.63) is 18.6 Å². The maximum Gasteiger partial charge on any atom is 0.157 e. The molecule has 3 heterocycles. The van der Waals surface area contributed by atoms with Crippen molar-refractivity contribution < 1.29 is 0 Å². The van der Waals surface area contributed by atoms with Crippen LogP contribution in [0.1, 0.15) is 26.2 Å². The SMILES string of the molecule is CNC(C)C1CCCCN1c1nccc2c1ncn2C. The molecule has 20 heavy (non-hydrogen) atoms. The molecule has 0 radical (unpaired) electrons. The summed E-state index contributed by atoms with van der Waals surface area (Å²) in [5, 5.41) is 3.39. The first-order valence-corrected chi connectivity index (χ1v) is 7.42. The summed E-state index contributed by atoms with van der Waals surface area (Å²) in [4.78, 5) is 11.6. The van der Waals surface area contributed by atoms with Gasteiger partial charge >= 0.3 is 0 Å². The van der Waals surface area contributed by atoms with Crippen molar-refractivity contribution in [2.45, 2.75) is 38.3 Å². The number of aryl methyl sites for hydroxylation is 1. The molecule has 2 aromatic heterocycles. The second-order valence-corrected chi connectivity index (χ2v) is 5.69. The Bertz CT molecular complexity index is 591. The Hall–Kier alpha value is -1.62. The molecule has 108 valence electrons. The third-order valence-electron chi connectivity index (χ3n) is 4.48. The molecule has 5 heteroatoms. The Morgan fingerprint density at radius 3 is 3.00 bits per heavy atom. The van der Waals surface area contributed by atoms with E-state index in [4.69, 9.17) is 0 Å². The van der Waals surface area contributed by atoms with Gasteiger partial charge in [0, 0.05) is 31.9 Å². The lowest BCUT2D eigenvalue weighted by Crippen LogP contribution is -2.50. The summed E-state index contributed by atoms with van der Waals surface area (Å²) >= 11 is 0. The van der Waals surface area contributed by atoms with Gasteiger partial charge in [-0.25, -0.2) is 9.97 Å². The molecule has 1 fully saturated rings. The van der Waals surface area contributed by atoms with Crippen LogP contribution in [0.2, 0.25) is 0 Å². The second-order valence-electron chi connectivity index (χ2n) is 5.69. The van der Waals surface area contributed by atoms with E-state index < -0.39 is 0 Å². The Kier molecular flexibility index (Phi) is 3.61. The van der Waals surface area contributed by atoms with Crippen LogP contribution in [0.5, 0.6) is 0 Å². The van der Waals surface area contributed by atoms with Crippen LogP contribution in [0.4, 0.5) is 5.82 Å². The Morgan fingerprint density at radius 1 is 1.35 bits per heavy atom. The number of rotatable bonds is 3. The number of nitrogens with one attached hydrogen (secondary N) is 1. The number of anilines is 1. The predicted octanol–water partition coefficient (Wildman–Crippen LogP) is 1.94. The lowest BCUT2D eigenvalue weighted by molar-refractivity contribution is 0.381. The van der Waals surface area contributed by atoms with Crippen molar-refractivity contribution in [1.82, 2.24) is 19.9 Å². The van der Waals surface area contributed by atoms with Crippen LogP contribution in [0.15, 0.2) is 18.6 Å². The normalized spacial score (nSPS) is 21.4. The minimum Gasteiger partial charge on any atom is -0.350 e. The zero-order valence-electron chi connectivity index (χ0n) is 12.5. The molecular weight excluding hydrogens is 250 g/mol. The Balaban J connectivity index is 2.03. The molecule has 0 aliphatic carbocycles. The molecule has 0 spiro atoms. The van der Waals surface area contributed by atoms with Crippen LogP contribution < -0.4 is 10.2 Å². The fourth-order valence-corrected chi connectivity index (χ4v) is 3.19. The Morgan fingerprint density at radius 2 is 2.20 bits per heavy atom. The summed E-state index contributed by atoms with van der Waals surface area (Å²) in [6.45, 7) is 3.32. The number of hydrogen-bond acceptors (Lipinski definition) is 4. The molecular formula is C15H23N5. The highest BCUT2D eigenvalue weighted by atomic mass is 15.2. The van der Waals surface area contributed by atoms with Gasteiger partial charge in [0.1, 0.15) is 5.52 Å². The van der Waals surface area contributed by atoms with E-state index in [1.54, 1.807) is 0 Å². The highest BCUT2D eigenvalue weighted by Crippen LogP contribution is 2.29. The zero-order chi connectivity index (χ0) is 14.1. The van der Waals surface area contributed by atoms with E-state index in [1.165, 1.54) is 19.3 Å². The topological polar surface area (TPSA) is 46.0 Å². The summed E-state index contributed by atoms with van der Waals surface area (Å²) in [5.41, 5.74) is 2.17. The van der Waals surface area contributed by atoms with Gasteiger partial charge in [-0.1, -0.05) is 0 Å². The molecule has 1 aliphatic rings. The average molecular weight is 273 g/mol. The molecule has 2 aromatic rings. The van der Waals surface area contributed by atoms with Crippen molar-refractivity contribution >= 4 is 16.9 Å². The highest BCUT2D eigenvalue weighted by molar-refractivity contribution is 5.86. The van der Waals surface area contributed by atoms with E-state index >= 15 is 0 Å². The van der Waals surface area contributed by atoms with Crippen LogP contribution in [0, 0.1) is 0 Å². The van der Waals surface area contributed by atoms with Crippen LogP contribution in [-0.4, -0.2) is 40.2 Å². The van der Waals surface area contributed by atoms with Gasteiger partial charge in [0.15, 0.2) is 5.82 Å². The van der Waals surface area contributed by atoms with Crippen LogP contribution in [0.25, 0.3) is 11.0 Å². The highest BCUT2D eigenvalue weighted by Gasteiger charge is 2.29. The standard InChI is InChI=1S/C15H23N5/c1-11(16-2)12-6-4-5-9-20(12)15-14-13(7-8-17-15)19(3)10-18-14/h7-8,10-12,16H,4-6,9H2,1-3H3. The molecule has 0 aromatic carbocycles. The molecule has 2 unspecified atom stereocenters. The molecule has 0 saturated carbocycles. The first-order chi connectivity index (χ1) is 9.72.